The molecule has 2 aromatic heterocycles. The second-order valence-corrected chi connectivity index (χ2v) is 9.25. The number of fused-ring (bicyclic) bond motifs is 1. The predicted molar refractivity (Wildman–Crippen MR) is 129 cm³/mol. The number of carbonyl (C=O) groups excluding carboxylic acids is 1. The van der Waals surface area contributed by atoms with Gasteiger partial charge in [0.25, 0.3) is 5.91 Å². The molecule has 6 nitrogen and oxygen atoms in total. The van der Waals surface area contributed by atoms with Gasteiger partial charge < -0.3 is 4.90 Å². The zero-order chi connectivity index (χ0) is 21.3. The number of hydrogen-bond acceptors (Lipinski definition) is 5. The van der Waals surface area contributed by atoms with Gasteiger partial charge in [-0.2, -0.15) is 5.10 Å². The fourth-order valence-electron chi connectivity index (χ4n) is 3.24. The molecule has 30 heavy (non-hydrogen) atoms. The Kier molecular flexibility index (Phi) is 8.27. The van der Waals surface area contributed by atoms with Gasteiger partial charge in [-0.25, -0.2) is 4.98 Å². The van der Waals surface area contributed by atoms with E-state index in [1.54, 1.807) is 9.58 Å². The van der Waals surface area contributed by atoms with E-state index in [2.05, 4.69) is 10.00 Å². The standard InChI is InChI=1S/C21H28ClN5OS.ClH/c1-13(2)27-17(12-15(4)24-27)20(28)26(11-7-10-25(5)6)21-23-18-14(3)8-9-16(22)19(18)29-21;/h8-9,12-13H,7,10-11H2,1-6H3;1H. The molecule has 0 saturated heterocycles. The molecule has 1 amide bonds. The molecule has 164 valence electrons. The Morgan fingerprint density at radius 3 is 2.53 bits per heavy atom. The average molecular weight is 470 g/mol. The minimum Gasteiger partial charge on any atom is -0.309 e. The Bertz CT molecular complexity index is 989. The number of amides is 1. The van der Waals surface area contributed by atoms with Gasteiger partial charge in [-0.1, -0.05) is 29.0 Å². The number of aryl methyl sites for hydroxylation is 2. The summed E-state index contributed by atoms with van der Waals surface area (Å²) in [7, 11) is 4.06. The van der Waals surface area contributed by atoms with E-state index in [9.17, 15) is 4.79 Å². The van der Waals surface area contributed by atoms with Crippen LogP contribution in [0.4, 0.5) is 5.13 Å². The van der Waals surface area contributed by atoms with E-state index in [1.165, 1.54) is 11.3 Å². The largest absolute Gasteiger partial charge is 0.309 e. The minimum absolute atomic E-state index is 0. The van der Waals surface area contributed by atoms with E-state index in [0.717, 1.165) is 34.4 Å². The molecule has 1 aromatic carbocycles. The van der Waals surface area contributed by atoms with Crippen molar-refractivity contribution in [1.29, 1.82) is 0 Å². The van der Waals surface area contributed by atoms with Crippen LogP contribution in [-0.2, 0) is 0 Å². The van der Waals surface area contributed by atoms with Crippen molar-refractivity contribution in [3.8, 4) is 0 Å². The Morgan fingerprint density at radius 1 is 1.23 bits per heavy atom. The number of carbonyl (C=O) groups is 1. The van der Waals surface area contributed by atoms with Gasteiger partial charge in [0, 0.05) is 12.6 Å². The van der Waals surface area contributed by atoms with E-state index in [-0.39, 0.29) is 24.4 Å². The van der Waals surface area contributed by atoms with Crippen LogP contribution in [0.25, 0.3) is 10.2 Å². The van der Waals surface area contributed by atoms with Crippen LogP contribution >= 0.6 is 35.3 Å². The van der Waals surface area contributed by atoms with Gasteiger partial charge in [0.1, 0.15) is 5.69 Å². The van der Waals surface area contributed by atoms with Crippen molar-refractivity contribution in [2.45, 2.75) is 40.2 Å². The lowest BCUT2D eigenvalue weighted by Crippen LogP contribution is -2.35. The number of anilines is 1. The quantitative estimate of drug-likeness (QED) is 0.466. The molecule has 0 radical (unpaired) electrons. The van der Waals surface area contributed by atoms with Crippen LogP contribution in [0.3, 0.4) is 0 Å². The van der Waals surface area contributed by atoms with Crippen molar-refractivity contribution in [3.63, 3.8) is 0 Å². The zero-order valence-electron chi connectivity index (χ0n) is 18.3. The van der Waals surface area contributed by atoms with Crippen molar-refractivity contribution >= 4 is 56.6 Å². The number of nitrogens with zero attached hydrogens (tertiary/aromatic N) is 5. The molecule has 0 bridgehead atoms. The first-order valence-corrected chi connectivity index (χ1v) is 11.0. The summed E-state index contributed by atoms with van der Waals surface area (Å²) in [5, 5.41) is 5.85. The molecule has 3 rings (SSSR count). The van der Waals surface area contributed by atoms with Crippen molar-refractivity contribution < 1.29 is 4.79 Å². The van der Waals surface area contributed by atoms with Gasteiger partial charge in [0.2, 0.25) is 0 Å². The van der Waals surface area contributed by atoms with Crippen molar-refractivity contribution in [3.05, 3.63) is 40.2 Å². The van der Waals surface area contributed by atoms with Crippen LogP contribution in [0.2, 0.25) is 5.02 Å². The number of hydrogen-bond donors (Lipinski definition) is 0. The third-order valence-corrected chi connectivity index (χ3v) is 6.25. The summed E-state index contributed by atoms with van der Waals surface area (Å²) >= 11 is 7.87. The smallest absolute Gasteiger partial charge is 0.278 e. The maximum Gasteiger partial charge on any atom is 0.278 e. The lowest BCUT2D eigenvalue weighted by molar-refractivity contribution is 0.0974. The molecule has 0 aliphatic rings. The zero-order valence-corrected chi connectivity index (χ0v) is 20.7. The third-order valence-electron chi connectivity index (χ3n) is 4.72. The minimum atomic E-state index is -0.0779. The third kappa shape index (κ3) is 5.14. The van der Waals surface area contributed by atoms with E-state index < -0.39 is 0 Å². The first-order valence-electron chi connectivity index (χ1n) is 9.77. The molecule has 0 saturated carbocycles. The highest BCUT2D eigenvalue weighted by Crippen LogP contribution is 2.36. The number of aromatic nitrogens is 3. The normalized spacial score (nSPS) is 11.4. The highest BCUT2D eigenvalue weighted by atomic mass is 35.5. The molecule has 0 spiro atoms. The summed E-state index contributed by atoms with van der Waals surface area (Å²) in [6.45, 7) is 9.44. The molecule has 9 heteroatoms. The number of halogens is 2. The molecule has 0 fully saturated rings. The van der Waals surface area contributed by atoms with Crippen LogP contribution in [0.1, 0.15) is 48.1 Å². The maximum atomic E-state index is 13.6. The Morgan fingerprint density at radius 2 is 1.93 bits per heavy atom. The Hall–Kier alpha value is -1.67. The summed E-state index contributed by atoms with van der Waals surface area (Å²) in [6.07, 6.45) is 0.843. The number of benzene rings is 1. The SMILES string of the molecule is Cc1cc(C(=O)N(CCCN(C)C)c2nc3c(C)ccc(Cl)c3s2)n(C(C)C)n1.Cl. The molecule has 0 aliphatic heterocycles. The maximum absolute atomic E-state index is 13.6. The topological polar surface area (TPSA) is 54.3 Å². The van der Waals surface area contributed by atoms with Crippen LogP contribution in [0, 0.1) is 13.8 Å². The van der Waals surface area contributed by atoms with E-state index in [4.69, 9.17) is 16.6 Å². The monoisotopic (exact) mass is 469 g/mol. The molecule has 0 unspecified atom stereocenters. The van der Waals surface area contributed by atoms with Gasteiger partial charge >= 0.3 is 0 Å². The molecular weight excluding hydrogens is 441 g/mol. The van der Waals surface area contributed by atoms with Gasteiger partial charge in [0.15, 0.2) is 5.13 Å². The van der Waals surface area contributed by atoms with Crippen molar-refractivity contribution in [2.24, 2.45) is 0 Å². The van der Waals surface area contributed by atoms with E-state index in [0.29, 0.717) is 22.4 Å². The highest BCUT2D eigenvalue weighted by Gasteiger charge is 2.26. The Labute approximate surface area is 193 Å². The second-order valence-electron chi connectivity index (χ2n) is 7.86. The summed E-state index contributed by atoms with van der Waals surface area (Å²) in [5.74, 6) is -0.0779. The fourth-order valence-corrected chi connectivity index (χ4v) is 4.58. The molecule has 0 N–H and O–H groups in total. The van der Waals surface area contributed by atoms with E-state index >= 15 is 0 Å². The molecule has 0 atom stereocenters. The number of thiazole rings is 1. The van der Waals surface area contributed by atoms with Crippen LogP contribution in [0.5, 0.6) is 0 Å². The lowest BCUT2D eigenvalue weighted by atomic mass is 10.2. The van der Waals surface area contributed by atoms with Crippen molar-refractivity contribution in [1.82, 2.24) is 19.7 Å². The first kappa shape index (κ1) is 24.6. The van der Waals surface area contributed by atoms with Crippen LogP contribution in [0.15, 0.2) is 18.2 Å². The molecular formula is C21H29Cl2N5OS. The molecule has 2 heterocycles. The second kappa shape index (κ2) is 10.1. The Balaban J connectivity index is 0.00000320. The van der Waals surface area contributed by atoms with Crippen molar-refractivity contribution in [2.75, 3.05) is 32.1 Å². The van der Waals surface area contributed by atoms with E-state index in [1.807, 2.05) is 60.0 Å². The van der Waals surface area contributed by atoms with Crippen LogP contribution in [-0.4, -0.2) is 52.8 Å². The predicted octanol–water partition coefficient (Wildman–Crippen LogP) is 5.36. The molecule has 0 aliphatic carbocycles. The summed E-state index contributed by atoms with van der Waals surface area (Å²) in [5.41, 5.74) is 3.33. The van der Waals surface area contributed by atoms with Gasteiger partial charge in [-0.15, -0.1) is 12.4 Å². The highest BCUT2D eigenvalue weighted by molar-refractivity contribution is 7.23. The van der Waals surface area contributed by atoms with Gasteiger partial charge in [-0.3, -0.25) is 14.4 Å². The van der Waals surface area contributed by atoms with Gasteiger partial charge in [0.05, 0.1) is 20.9 Å². The average Bonchev–Trinajstić information content (AvgIpc) is 3.26. The summed E-state index contributed by atoms with van der Waals surface area (Å²) in [4.78, 5) is 22.3. The number of rotatable bonds is 7. The lowest BCUT2D eigenvalue weighted by Gasteiger charge is -2.22. The molecule has 3 aromatic rings. The van der Waals surface area contributed by atoms with Crippen LogP contribution < -0.4 is 4.90 Å². The summed E-state index contributed by atoms with van der Waals surface area (Å²) in [6, 6.07) is 5.80. The fraction of sp³-hybridized carbons (Fsp3) is 0.476. The van der Waals surface area contributed by atoms with Gasteiger partial charge in [-0.05, 0) is 72.5 Å². The summed E-state index contributed by atoms with van der Waals surface area (Å²) < 4.78 is 2.71. The first-order chi connectivity index (χ1) is 13.7.